The zero-order valence-electron chi connectivity index (χ0n) is 12.8. The van der Waals surface area contributed by atoms with Crippen molar-refractivity contribution in [2.24, 2.45) is 5.92 Å². The van der Waals surface area contributed by atoms with E-state index < -0.39 is 6.04 Å². The lowest BCUT2D eigenvalue weighted by molar-refractivity contribution is -0.141. The van der Waals surface area contributed by atoms with E-state index in [2.05, 4.69) is 5.32 Å². The number of hydrogen-bond acceptors (Lipinski definition) is 4. The summed E-state index contributed by atoms with van der Waals surface area (Å²) in [7, 11) is 3.21. The topological polar surface area (TPSA) is 67.9 Å². The van der Waals surface area contributed by atoms with Gasteiger partial charge in [0.2, 0.25) is 11.8 Å². The number of methoxy groups -OCH3 is 2. The molecule has 1 fully saturated rings. The van der Waals surface area contributed by atoms with Crippen molar-refractivity contribution in [1.82, 2.24) is 10.2 Å². The van der Waals surface area contributed by atoms with E-state index in [0.717, 1.165) is 19.4 Å². The van der Waals surface area contributed by atoms with E-state index in [1.807, 2.05) is 4.90 Å². The Morgan fingerprint density at radius 2 is 2.10 bits per heavy atom. The van der Waals surface area contributed by atoms with Gasteiger partial charge in [0.15, 0.2) is 0 Å². The molecule has 6 nitrogen and oxygen atoms in total. The molecule has 3 atom stereocenters. The Morgan fingerprint density at radius 3 is 2.65 bits per heavy atom. The SMILES string of the molecule is COCC1CCCN(C(=O)C(NC(C)=O)C(C)OC)C1. The van der Waals surface area contributed by atoms with Gasteiger partial charge < -0.3 is 19.7 Å². The maximum absolute atomic E-state index is 12.6. The number of nitrogens with one attached hydrogen (secondary N) is 1. The molecule has 0 spiro atoms. The number of likely N-dealkylation sites (tertiary alicyclic amines) is 1. The molecule has 6 heteroatoms. The van der Waals surface area contributed by atoms with E-state index in [9.17, 15) is 9.59 Å². The van der Waals surface area contributed by atoms with E-state index >= 15 is 0 Å². The highest BCUT2D eigenvalue weighted by Crippen LogP contribution is 2.18. The molecule has 0 aromatic rings. The number of nitrogens with zero attached hydrogens (tertiary/aromatic N) is 1. The zero-order chi connectivity index (χ0) is 15.1. The molecule has 0 aromatic heterocycles. The first-order valence-corrected chi connectivity index (χ1v) is 7.07. The first-order chi connectivity index (χ1) is 9.49. The van der Waals surface area contributed by atoms with Crippen molar-refractivity contribution in [3.63, 3.8) is 0 Å². The molecule has 116 valence electrons. The largest absolute Gasteiger partial charge is 0.384 e. The molecular weight excluding hydrogens is 260 g/mol. The van der Waals surface area contributed by atoms with Crippen LogP contribution in [0.25, 0.3) is 0 Å². The summed E-state index contributed by atoms with van der Waals surface area (Å²) < 4.78 is 10.4. The van der Waals surface area contributed by atoms with Crippen LogP contribution in [0.4, 0.5) is 0 Å². The number of amides is 2. The standard InChI is InChI=1S/C14H26N2O4/c1-10(20-4)13(15-11(2)17)14(18)16-7-5-6-12(8-16)9-19-3/h10,12-13H,5-9H2,1-4H3,(H,15,17). The predicted octanol–water partition coefficient (Wildman–Crippen LogP) is 0.411. The van der Waals surface area contributed by atoms with Gasteiger partial charge in [-0.2, -0.15) is 0 Å². The van der Waals surface area contributed by atoms with Gasteiger partial charge in [-0.05, 0) is 25.7 Å². The van der Waals surface area contributed by atoms with Crippen LogP contribution in [0.2, 0.25) is 0 Å². The minimum Gasteiger partial charge on any atom is -0.384 e. The van der Waals surface area contributed by atoms with Crippen molar-refractivity contribution in [3.05, 3.63) is 0 Å². The van der Waals surface area contributed by atoms with Gasteiger partial charge in [-0.25, -0.2) is 0 Å². The van der Waals surface area contributed by atoms with Crippen molar-refractivity contribution in [2.75, 3.05) is 33.9 Å². The van der Waals surface area contributed by atoms with E-state index in [1.165, 1.54) is 14.0 Å². The second-order valence-corrected chi connectivity index (χ2v) is 5.37. The third kappa shape index (κ3) is 4.76. The molecule has 3 unspecified atom stereocenters. The summed E-state index contributed by atoms with van der Waals surface area (Å²) >= 11 is 0. The minimum atomic E-state index is -0.626. The Bertz CT molecular complexity index is 333. The van der Waals surface area contributed by atoms with Crippen molar-refractivity contribution < 1.29 is 19.1 Å². The maximum Gasteiger partial charge on any atom is 0.247 e. The fraction of sp³-hybridized carbons (Fsp3) is 0.857. The average Bonchev–Trinajstić information content (AvgIpc) is 2.43. The summed E-state index contributed by atoms with van der Waals surface area (Å²) in [6.07, 6.45) is 1.69. The van der Waals surface area contributed by atoms with Crippen LogP contribution in [0.3, 0.4) is 0 Å². The Hall–Kier alpha value is -1.14. The quantitative estimate of drug-likeness (QED) is 0.768. The smallest absolute Gasteiger partial charge is 0.247 e. The molecule has 2 amide bonds. The highest BCUT2D eigenvalue weighted by atomic mass is 16.5. The van der Waals surface area contributed by atoms with Crippen LogP contribution in [0, 0.1) is 5.92 Å². The predicted molar refractivity (Wildman–Crippen MR) is 75.3 cm³/mol. The van der Waals surface area contributed by atoms with Crippen molar-refractivity contribution in [3.8, 4) is 0 Å². The Balaban J connectivity index is 2.70. The number of hydrogen-bond donors (Lipinski definition) is 1. The van der Waals surface area contributed by atoms with Crippen molar-refractivity contribution in [2.45, 2.75) is 38.8 Å². The number of carbonyl (C=O) groups is 2. The lowest BCUT2D eigenvalue weighted by Gasteiger charge is -2.36. The summed E-state index contributed by atoms with van der Waals surface area (Å²) in [5.74, 6) is 0.0709. The van der Waals surface area contributed by atoms with E-state index in [1.54, 1.807) is 14.0 Å². The van der Waals surface area contributed by atoms with Crippen LogP contribution >= 0.6 is 0 Å². The molecule has 1 aliphatic rings. The molecular formula is C14H26N2O4. The number of ether oxygens (including phenoxy) is 2. The van der Waals surface area contributed by atoms with E-state index in [4.69, 9.17) is 9.47 Å². The first kappa shape index (κ1) is 16.9. The fourth-order valence-corrected chi connectivity index (χ4v) is 2.57. The summed E-state index contributed by atoms with van der Waals surface area (Å²) in [6.45, 7) is 5.26. The molecule has 0 aromatic carbocycles. The molecule has 0 radical (unpaired) electrons. The van der Waals surface area contributed by atoms with Crippen LogP contribution in [0.15, 0.2) is 0 Å². The summed E-state index contributed by atoms with van der Waals surface area (Å²) in [4.78, 5) is 25.7. The number of piperidine rings is 1. The first-order valence-electron chi connectivity index (χ1n) is 7.07. The second kappa shape index (κ2) is 8.21. The zero-order valence-corrected chi connectivity index (χ0v) is 12.8. The van der Waals surface area contributed by atoms with Gasteiger partial charge in [0.25, 0.3) is 0 Å². The van der Waals surface area contributed by atoms with Gasteiger partial charge in [0, 0.05) is 34.2 Å². The lowest BCUT2D eigenvalue weighted by Crippen LogP contribution is -2.55. The Kier molecular flexibility index (Phi) is 6.95. The molecule has 1 saturated heterocycles. The van der Waals surface area contributed by atoms with Crippen LogP contribution in [0.1, 0.15) is 26.7 Å². The normalized spacial score (nSPS) is 22.2. The van der Waals surface area contributed by atoms with Gasteiger partial charge in [-0.3, -0.25) is 9.59 Å². The molecule has 1 rings (SSSR count). The van der Waals surface area contributed by atoms with Crippen LogP contribution < -0.4 is 5.32 Å². The van der Waals surface area contributed by atoms with Crippen LogP contribution in [0.5, 0.6) is 0 Å². The number of rotatable bonds is 6. The average molecular weight is 286 g/mol. The Labute approximate surface area is 120 Å². The molecule has 1 aliphatic heterocycles. The van der Waals surface area contributed by atoms with Gasteiger partial charge in [0.1, 0.15) is 6.04 Å². The van der Waals surface area contributed by atoms with Crippen molar-refractivity contribution >= 4 is 11.8 Å². The Morgan fingerprint density at radius 1 is 1.40 bits per heavy atom. The van der Waals surface area contributed by atoms with Gasteiger partial charge in [-0.1, -0.05) is 0 Å². The fourth-order valence-electron chi connectivity index (χ4n) is 2.57. The lowest BCUT2D eigenvalue weighted by atomic mass is 9.97. The number of carbonyl (C=O) groups excluding carboxylic acids is 2. The second-order valence-electron chi connectivity index (χ2n) is 5.37. The molecule has 0 saturated carbocycles. The maximum atomic E-state index is 12.6. The third-order valence-corrected chi connectivity index (χ3v) is 3.70. The van der Waals surface area contributed by atoms with Crippen LogP contribution in [-0.2, 0) is 19.1 Å². The van der Waals surface area contributed by atoms with E-state index in [-0.39, 0.29) is 17.9 Å². The minimum absolute atomic E-state index is 0.0737. The summed E-state index contributed by atoms with van der Waals surface area (Å²) in [5.41, 5.74) is 0. The van der Waals surface area contributed by atoms with Gasteiger partial charge >= 0.3 is 0 Å². The van der Waals surface area contributed by atoms with Crippen molar-refractivity contribution in [1.29, 1.82) is 0 Å². The molecule has 1 N–H and O–H groups in total. The molecule has 20 heavy (non-hydrogen) atoms. The summed E-state index contributed by atoms with van der Waals surface area (Å²) in [6, 6.07) is -0.626. The third-order valence-electron chi connectivity index (χ3n) is 3.70. The highest BCUT2D eigenvalue weighted by Gasteiger charge is 2.32. The molecule has 1 heterocycles. The van der Waals surface area contributed by atoms with E-state index in [0.29, 0.717) is 19.1 Å². The molecule has 0 bridgehead atoms. The van der Waals surface area contributed by atoms with Gasteiger partial charge in [0.05, 0.1) is 12.7 Å². The molecule has 0 aliphatic carbocycles. The summed E-state index contributed by atoms with van der Waals surface area (Å²) in [5, 5.41) is 2.69. The van der Waals surface area contributed by atoms with Gasteiger partial charge in [-0.15, -0.1) is 0 Å². The highest BCUT2D eigenvalue weighted by molar-refractivity contribution is 5.87. The monoisotopic (exact) mass is 286 g/mol. The van der Waals surface area contributed by atoms with Crippen LogP contribution in [-0.4, -0.2) is 62.8 Å².